The number of hydrogen-bond donors (Lipinski definition) is 1. The van der Waals surface area contributed by atoms with Crippen molar-refractivity contribution in [3.05, 3.63) is 58.8 Å². The average Bonchev–Trinajstić information content (AvgIpc) is 2.69. The van der Waals surface area contributed by atoms with E-state index < -0.39 is 20.6 Å². The summed E-state index contributed by atoms with van der Waals surface area (Å²) in [6.45, 7) is 5.47. The first kappa shape index (κ1) is 20.2. The van der Waals surface area contributed by atoms with Crippen molar-refractivity contribution < 1.29 is 13.3 Å². The van der Waals surface area contributed by atoms with E-state index in [1.54, 1.807) is 13.1 Å². The van der Waals surface area contributed by atoms with Crippen molar-refractivity contribution in [1.82, 2.24) is 14.6 Å². The number of nitrogens with zero attached hydrogens (tertiary/aromatic N) is 4. The first-order valence-electron chi connectivity index (χ1n) is 9.01. The normalized spacial score (nSPS) is 16.7. The summed E-state index contributed by atoms with van der Waals surface area (Å²) in [4.78, 5) is 18.8. The Morgan fingerprint density at radius 3 is 2.46 bits per heavy atom. The lowest BCUT2D eigenvalue weighted by molar-refractivity contribution is -0.387. The van der Waals surface area contributed by atoms with E-state index in [0.29, 0.717) is 6.54 Å². The fourth-order valence-corrected chi connectivity index (χ4v) is 4.70. The van der Waals surface area contributed by atoms with Gasteiger partial charge in [-0.05, 0) is 25.1 Å². The van der Waals surface area contributed by atoms with E-state index in [4.69, 9.17) is 0 Å². The van der Waals surface area contributed by atoms with Crippen LogP contribution in [0.2, 0.25) is 0 Å². The topological polar surface area (TPSA) is 109 Å². The number of para-hydroxylation sites is 1. The number of anilines is 1. The summed E-state index contributed by atoms with van der Waals surface area (Å²) in [5, 5.41) is 11.1. The Hall–Kier alpha value is -2.56. The molecule has 1 aliphatic rings. The van der Waals surface area contributed by atoms with E-state index in [1.165, 1.54) is 24.3 Å². The number of nitro benzene ring substituents is 1. The van der Waals surface area contributed by atoms with Crippen LogP contribution in [-0.4, -0.2) is 62.0 Å². The van der Waals surface area contributed by atoms with Gasteiger partial charge < -0.3 is 4.90 Å². The van der Waals surface area contributed by atoms with Crippen molar-refractivity contribution in [3.63, 3.8) is 0 Å². The monoisotopic (exact) mass is 405 g/mol. The van der Waals surface area contributed by atoms with Crippen molar-refractivity contribution in [1.29, 1.82) is 0 Å². The molecule has 150 valence electrons. The molecule has 28 heavy (non-hydrogen) atoms. The van der Waals surface area contributed by atoms with Gasteiger partial charge in [0, 0.05) is 51.0 Å². The number of sulfonamides is 1. The van der Waals surface area contributed by atoms with Crippen molar-refractivity contribution >= 4 is 21.5 Å². The van der Waals surface area contributed by atoms with E-state index in [-0.39, 0.29) is 10.9 Å². The molecule has 1 fully saturated rings. The third kappa shape index (κ3) is 4.83. The number of hydrogen-bond acceptors (Lipinski definition) is 7. The number of rotatable bonds is 7. The molecule has 3 rings (SSSR count). The Kier molecular flexibility index (Phi) is 6.22. The minimum Gasteiger partial charge on any atom is -0.354 e. The second-order valence-electron chi connectivity index (χ2n) is 6.72. The summed E-state index contributed by atoms with van der Waals surface area (Å²) >= 11 is 0. The molecular weight excluding hydrogens is 382 g/mol. The van der Waals surface area contributed by atoms with Crippen molar-refractivity contribution in [2.45, 2.75) is 17.9 Å². The molecule has 2 aromatic rings. The van der Waals surface area contributed by atoms with Crippen LogP contribution in [0.3, 0.4) is 0 Å². The number of piperazine rings is 1. The molecular formula is C18H23N5O4S. The molecule has 1 N–H and O–H groups in total. The molecule has 1 aromatic carbocycles. The van der Waals surface area contributed by atoms with Crippen LogP contribution in [-0.2, 0) is 10.0 Å². The first-order chi connectivity index (χ1) is 13.4. The quantitative estimate of drug-likeness (QED) is 0.549. The fourth-order valence-electron chi connectivity index (χ4n) is 3.29. The maximum absolute atomic E-state index is 12.6. The van der Waals surface area contributed by atoms with Crippen molar-refractivity contribution in [3.8, 4) is 0 Å². The van der Waals surface area contributed by atoms with Gasteiger partial charge in [-0.25, -0.2) is 18.1 Å². The number of nitro groups is 1. The predicted molar refractivity (Wildman–Crippen MR) is 106 cm³/mol. The van der Waals surface area contributed by atoms with Gasteiger partial charge in [0.25, 0.3) is 5.69 Å². The van der Waals surface area contributed by atoms with Crippen LogP contribution in [0.4, 0.5) is 11.5 Å². The van der Waals surface area contributed by atoms with Gasteiger partial charge in [-0.15, -0.1) is 0 Å². The molecule has 0 radical (unpaired) electrons. The van der Waals surface area contributed by atoms with Crippen LogP contribution in [0.15, 0.2) is 53.6 Å². The van der Waals surface area contributed by atoms with Crippen molar-refractivity contribution in [2.75, 3.05) is 37.6 Å². The third-order valence-electron chi connectivity index (χ3n) is 4.59. The van der Waals surface area contributed by atoms with Gasteiger partial charge in [0.1, 0.15) is 5.82 Å². The Labute approximate surface area is 164 Å². The largest absolute Gasteiger partial charge is 0.354 e. The molecule has 10 heteroatoms. The van der Waals surface area contributed by atoms with Gasteiger partial charge in [0.05, 0.1) is 4.92 Å². The lowest BCUT2D eigenvalue weighted by Gasteiger charge is -2.36. The molecule has 0 aliphatic carbocycles. The SMILES string of the molecule is CC(CN1CCN(c2ccccn2)CC1)NS(=O)(=O)c1ccccc1[N+](=O)[O-]. The summed E-state index contributed by atoms with van der Waals surface area (Å²) in [5.41, 5.74) is -0.425. The molecule has 1 unspecified atom stereocenters. The molecule has 0 amide bonds. The minimum absolute atomic E-state index is 0.313. The van der Waals surface area contributed by atoms with Gasteiger partial charge in [-0.2, -0.15) is 0 Å². The first-order valence-corrected chi connectivity index (χ1v) is 10.5. The fraction of sp³-hybridized carbons (Fsp3) is 0.389. The summed E-state index contributed by atoms with van der Waals surface area (Å²) < 4.78 is 27.8. The van der Waals surface area contributed by atoms with Crippen LogP contribution >= 0.6 is 0 Å². The summed E-state index contributed by atoms with van der Waals surface area (Å²) in [5.74, 6) is 0.937. The number of nitrogens with one attached hydrogen (secondary N) is 1. The summed E-state index contributed by atoms with van der Waals surface area (Å²) in [7, 11) is -3.98. The molecule has 0 saturated carbocycles. The van der Waals surface area contributed by atoms with Gasteiger partial charge in [-0.3, -0.25) is 15.0 Å². The molecule has 0 spiro atoms. The zero-order valence-corrected chi connectivity index (χ0v) is 16.4. The molecule has 1 aromatic heterocycles. The number of aromatic nitrogens is 1. The number of benzene rings is 1. The zero-order valence-electron chi connectivity index (χ0n) is 15.6. The van der Waals surface area contributed by atoms with Gasteiger partial charge >= 0.3 is 0 Å². The molecule has 1 saturated heterocycles. The molecule has 1 atom stereocenters. The van der Waals surface area contributed by atoms with E-state index in [2.05, 4.69) is 19.5 Å². The maximum Gasteiger partial charge on any atom is 0.289 e. The zero-order chi connectivity index (χ0) is 20.1. The van der Waals surface area contributed by atoms with Gasteiger partial charge in [0.15, 0.2) is 4.90 Å². The van der Waals surface area contributed by atoms with Crippen LogP contribution in [0.1, 0.15) is 6.92 Å². The summed E-state index contributed by atoms with van der Waals surface area (Å²) in [6.07, 6.45) is 1.77. The Morgan fingerprint density at radius 1 is 1.14 bits per heavy atom. The second kappa shape index (κ2) is 8.63. The Morgan fingerprint density at radius 2 is 1.82 bits per heavy atom. The minimum atomic E-state index is -3.98. The Balaban J connectivity index is 1.57. The Bertz CT molecular complexity index is 915. The van der Waals surface area contributed by atoms with Gasteiger partial charge in [0.2, 0.25) is 10.0 Å². The van der Waals surface area contributed by atoms with E-state index in [0.717, 1.165) is 32.0 Å². The molecule has 2 heterocycles. The lowest BCUT2D eigenvalue weighted by Crippen LogP contribution is -2.51. The highest BCUT2D eigenvalue weighted by molar-refractivity contribution is 7.89. The molecule has 0 bridgehead atoms. The third-order valence-corrected chi connectivity index (χ3v) is 6.22. The van der Waals surface area contributed by atoms with E-state index in [9.17, 15) is 18.5 Å². The van der Waals surface area contributed by atoms with Gasteiger partial charge in [-0.1, -0.05) is 18.2 Å². The molecule has 9 nitrogen and oxygen atoms in total. The van der Waals surface area contributed by atoms with E-state index in [1.807, 2.05) is 18.2 Å². The second-order valence-corrected chi connectivity index (χ2v) is 8.41. The lowest BCUT2D eigenvalue weighted by atomic mass is 10.2. The highest BCUT2D eigenvalue weighted by Gasteiger charge is 2.27. The van der Waals surface area contributed by atoms with E-state index >= 15 is 0 Å². The van der Waals surface area contributed by atoms with Crippen LogP contribution in [0.25, 0.3) is 0 Å². The van der Waals surface area contributed by atoms with Crippen molar-refractivity contribution in [2.24, 2.45) is 0 Å². The predicted octanol–water partition coefficient (Wildman–Crippen LogP) is 1.48. The molecule has 1 aliphatic heterocycles. The highest BCUT2D eigenvalue weighted by Crippen LogP contribution is 2.23. The van der Waals surface area contributed by atoms with Crippen LogP contribution < -0.4 is 9.62 Å². The van der Waals surface area contributed by atoms with Crippen LogP contribution in [0, 0.1) is 10.1 Å². The van der Waals surface area contributed by atoms with Crippen LogP contribution in [0.5, 0.6) is 0 Å². The standard InChI is InChI=1S/C18H23N5O4S/c1-15(20-28(26,27)17-7-3-2-6-16(17)23(24)25)14-21-10-12-22(13-11-21)18-8-4-5-9-19-18/h2-9,15,20H,10-14H2,1H3. The average molecular weight is 405 g/mol. The number of pyridine rings is 1. The smallest absolute Gasteiger partial charge is 0.289 e. The summed E-state index contributed by atoms with van der Waals surface area (Å²) in [6, 6.07) is 10.8. The highest BCUT2D eigenvalue weighted by atomic mass is 32.2. The maximum atomic E-state index is 12.6.